The molecule has 0 spiro atoms. The maximum Gasteiger partial charge on any atom is 0.0895 e. The lowest BCUT2D eigenvalue weighted by atomic mass is 9.96. The second-order valence-corrected chi connectivity index (χ2v) is 6.87. The molecule has 0 heterocycles. The predicted molar refractivity (Wildman–Crippen MR) is 108 cm³/mol. The van der Waals surface area contributed by atoms with E-state index in [9.17, 15) is 0 Å². The molecule has 2 aromatic rings. The molecule has 0 aliphatic heterocycles. The molecule has 1 aliphatic rings. The first-order valence-corrected chi connectivity index (χ1v) is 9.75. The molecule has 0 N–H and O–H groups in total. The van der Waals surface area contributed by atoms with E-state index in [0.717, 1.165) is 19.6 Å². The molecule has 0 radical (unpaired) electrons. The number of nitrogens with zero attached hydrogens (tertiary/aromatic N) is 2. The van der Waals surface area contributed by atoms with Crippen molar-refractivity contribution in [3.8, 4) is 11.1 Å². The third-order valence-corrected chi connectivity index (χ3v) is 4.77. The van der Waals surface area contributed by atoms with Gasteiger partial charge in [0.15, 0.2) is 0 Å². The van der Waals surface area contributed by atoms with Crippen molar-refractivity contribution in [2.75, 3.05) is 13.2 Å². The molecule has 26 heavy (non-hydrogen) atoms. The van der Waals surface area contributed by atoms with E-state index in [1.54, 1.807) is 0 Å². The summed E-state index contributed by atoms with van der Waals surface area (Å²) < 4.78 is 5.74. The normalized spacial score (nSPS) is 14.6. The fourth-order valence-corrected chi connectivity index (χ4v) is 3.24. The Hall–Kier alpha value is -2.22. The highest BCUT2D eigenvalue weighted by atomic mass is 16.5. The largest absolute Gasteiger partial charge is 0.377 e. The van der Waals surface area contributed by atoms with Gasteiger partial charge in [0.2, 0.25) is 0 Å². The fourth-order valence-electron chi connectivity index (χ4n) is 3.24. The zero-order chi connectivity index (χ0) is 17.9. The van der Waals surface area contributed by atoms with E-state index < -0.39 is 0 Å². The molecule has 3 heteroatoms. The summed E-state index contributed by atoms with van der Waals surface area (Å²) in [6.07, 6.45) is 7.28. The van der Waals surface area contributed by atoms with E-state index in [-0.39, 0.29) is 0 Å². The number of rotatable bonds is 8. The minimum absolute atomic E-state index is 0.461. The van der Waals surface area contributed by atoms with Gasteiger partial charge >= 0.3 is 0 Å². The summed E-state index contributed by atoms with van der Waals surface area (Å²) in [6.45, 7) is 2.10. The van der Waals surface area contributed by atoms with E-state index in [1.807, 2.05) is 6.07 Å². The zero-order valence-corrected chi connectivity index (χ0v) is 15.4. The molecule has 0 atom stereocenters. The van der Waals surface area contributed by atoms with Gasteiger partial charge in [-0.05, 0) is 36.0 Å². The van der Waals surface area contributed by atoms with Crippen LogP contribution >= 0.6 is 0 Å². The van der Waals surface area contributed by atoms with Crippen LogP contribution in [0.4, 0.5) is 0 Å². The van der Waals surface area contributed by atoms with Crippen molar-refractivity contribution in [3.63, 3.8) is 0 Å². The minimum Gasteiger partial charge on any atom is -0.377 e. The molecule has 1 fully saturated rings. The van der Waals surface area contributed by atoms with Crippen LogP contribution in [0.1, 0.15) is 44.1 Å². The van der Waals surface area contributed by atoms with E-state index in [2.05, 4.69) is 64.5 Å². The second kappa shape index (κ2) is 10.7. The summed E-state index contributed by atoms with van der Waals surface area (Å²) in [6, 6.07) is 22.3. The van der Waals surface area contributed by atoms with Gasteiger partial charge in [-0.25, -0.2) is 9.98 Å². The van der Waals surface area contributed by atoms with E-state index in [1.165, 1.54) is 48.8 Å². The Labute approximate surface area is 156 Å². The van der Waals surface area contributed by atoms with Gasteiger partial charge in [-0.3, -0.25) is 0 Å². The quantitative estimate of drug-likeness (QED) is 0.440. The summed E-state index contributed by atoms with van der Waals surface area (Å²) in [5.74, 6) is 0. The first kappa shape index (κ1) is 18.6. The highest BCUT2D eigenvalue weighted by Crippen LogP contribution is 2.20. The lowest BCUT2D eigenvalue weighted by molar-refractivity contribution is 0.120. The van der Waals surface area contributed by atoms with E-state index in [0.29, 0.717) is 12.6 Å². The third-order valence-electron chi connectivity index (χ3n) is 4.77. The number of hydrogen-bond acceptors (Lipinski definition) is 3. The van der Waals surface area contributed by atoms with Gasteiger partial charge < -0.3 is 4.74 Å². The maximum atomic E-state index is 5.74. The molecule has 1 aliphatic carbocycles. The summed E-state index contributed by atoms with van der Waals surface area (Å²) in [4.78, 5) is 8.68. The number of benzene rings is 2. The fraction of sp³-hybridized carbons (Fsp3) is 0.435. The lowest BCUT2D eigenvalue weighted by Gasteiger charge is -2.15. The number of ether oxygens (including phenoxy) is 1. The first-order valence-electron chi connectivity index (χ1n) is 9.75. The van der Waals surface area contributed by atoms with Crippen LogP contribution in [0.5, 0.6) is 0 Å². The van der Waals surface area contributed by atoms with Crippen molar-refractivity contribution in [2.45, 2.75) is 51.2 Å². The van der Waals surface area contributed by atoms with Crippen molar-refractivity contribution in [1.82, 2.24) is 0 Å². The summed E-state index contributed by atoms with van der Waals surface area (Å²) in [7, 11) is 0. The van der Waals surface area contributed by atoms with Gasteiger partial charge in [0, 0.05) is 6.61 Å². The zero-order valence-electron chi connectivity index (χ0n) is 15.4. The Morgan fingerprint density at radius 2 is 1.62 bits per heavy atom. The van der Waals surface area contributed by atoms with Gasteiger partial charge in [0.25, 0.3) is 0 Å². The highest BCUT2D eigenvalue weighted by molar-refractivity contribution is 5.63. The summed E-state index contributed by atoms with van der Waals surface area (Å²) in [5, 5.41) is 0. The minimum atomic E-state index is 0.461. The molecular weight excluding hydrogens is 320 g/mol. The monoisotopic (exact) mass is 348 g/mol. The Bertz CT molecular complexity index is 697. The molecule has 0 aromatic heterocycles. The van der Waals surface area contributed by atoms with Gasteiger partial charge in [-0.1, -0.05) is 73.9 Å². The molecule has 0 unspecified atom stereocenters. The Kier molecular flexibility index (Phi) is 7.64. The molecule has 3 nitrogen and oxygen atoms in total. The van der Waals surface area contributed by atoms with Crippen molar-refractivity contribution in [2.24, 2.45) is 9.98 Å². The summed E-state index contributed by atoms with van der Waals surface area (Å²) in [5.41, 5.74) is 3.68. The van der Waals surface area contributed by atoms with Crippen molar-refractivity contribution in [3.05, 3.63) is 60.2 Å². The molecule has 1 saturated carbocycles. The van der Waals surface area contributed by atoms with Crippen LogP contribution in [-0.2, 0) is 11.3 Å². The second-order valence-electron chi connectivity index (χ2n) is 6.87. The van der Waals surface area contributed by atoms with Crippen LogP contribution in [0.3, 0.4) is 0 Å². The highest BCUT2D eigenvalue weighted by Gasteiger charge is 2.10. The molecule has 0 saturated heterocycles. The van der Waals surface area contributed by atoms with Crippen molar-refractivity contribution < 1.29 is 4.74 Å². The SMILES string of the molecule is C(=NCCCOCc1ccc(-c2ccccc2)cc1)=NC1CCCCC1. The average molecular weight is 348 g/mol. The first-order chi connectivity index (χ1) is 12.9. The van der Waals surface area contributed by atoms with Gasteiger partial charge in [-0.2, -0.15) is 0 Å². The van der Waals surface area contributed by atoms with Crippen LogP contribution in [0, 0.1) is 0 Å². The molecule has 136 valence electrons. The van der Waals surface area contributed by atoms with Crippen LogP contribution in [0.15, 0.2) is 64.6 Å². The molecule has 2 aromatic carbocycles. The molecule has 0 bridgehead atoms. The average Bonchev–Trinajstić information content (AvgIpc) is 2.72. The van der Waals surface area contributed by atoms with Gasteiger partial charge in [0.1, 0.15) is 0 Å². The lowest BCUT2D eigenvalue weighted by Crippen LogP contribution is -2.08. The number of hydrogen-bond donors (Lipinski definition) is 0. The van der Waals surface area contributed by atoms with Crippen LogP contribution in [0.2, 0.25) is 0 Å². The Morgan fingerprint density at radius 1 is 0.885 bits per heavy atom. The Morgan fingerprint density at radius 3 is 2.38 bits per heavy atom. The topological polar surface area (TPSA) is 34.0 Å². The van der Waals surface area contributed by atoms with Gasteiger partial charge in [0.05, 0.1) is 25.2 Å². The van der Waals surface area contributed by atoms with Crippen molar-refractivity contribution in [1.29, 1.82) is 0 Å². The predicted octanol–water partition coefficient (Wildman–Crippen LogP) is 5.77. The number of aliphatic imine (C=N–C) groups is 2. The standard InChI is InChI=1S/C23H28N2O/c1-3-8-21(9-4-1)22-14-12-20(13-15-22)18-26-17-7-16-24-19-25-23-10-5-2-6-11-23/h1,3-4,8-9,12-15,23H,2,5-7,10-11,16-18H2. The Balaban J connectivity index is 1.32. The molecular formula is C23H28N2O. The van der Waals surface area contributed by atoms with E-state index in [4.69, 9.17) is 4.74 Å². The van der Waals surface area contributed by atoms with Crippen LogP contribution < -0.4 is 0 Å². The van der Waals surface area contributed by atoms with Crippen LogP contribution in [0.25, 0.3) is 11.1 Å². The maximum absolute atomic E-state index is 5.74. The smallest absolute Gasteiger partial charge is 0.0895 e. The third kappa shape index (κ3) is 6.25. The molecule has 3 rings (SSSR count). The van der Waals surface area contributed by atoms with Crippen molar-refractivity contribution >= 4 is 6.01 Å². The van der Waals surface area contributed by atoms with Crippen LogP contribution in [-0.4, -0.2) is 25.2 Å². The van der Waals surface area contributed by atoms with E-state index >= 15 is 0 Å². The summed E-state index contributed by atoms with van der Waals surface area (Å²) >= 11 is 0. The van der Waals surface area contributed by atoms with Gasteiger partial charge in [-0.15, -0.1) is 0 Å². The molecule has 0 amide bonds.